The third-order valence-corrected chi connectivity index (χ3v) is 5.14. The van der Waals surface area contributed by atoms with Crippen molar-refractivity contribution in [2.45, 2.75) is 59.7 Å². The van der Waals surface area contributed by atoms with E-state index in [-0.39, 0.29) is 31.0 Å². The van der Waals surface area contributed by atoms with Crippen LogP contribution >= 0.6 is 0 Å². The lowest BCUT2D eigenvalue weighted by atomic mass is 10.1. The quantitative estimate of drug-likeness (QED) is 0.623. The molecular formula is C25H34N2O4. The first-order chi connectivity index (χ1) is 14.7. The number of nitrogens with zero attached hydrogens (tertiary/aromatic N) is 1. The normalized spacial score (nSPS) is 11.7. The Kier molecular flexibility index (Phi) is 8.91. The first-order valence-corrected chi connectivity index (χ1v) is 10.7. The summed E-state index contributed by atoms with van der Waals surface area (Å²) in [4.78, 5) is 27.6. The van der Waals surface area contributed by atoms with Crippen molar-refractivity contribution < 1.29 is 19.1 Å². The number of amides is 2. The average molecular weight is 427 g/mol. The smallest absolute Gasteiger partial charge is 0.261 e. The Balaban J connectivity index is 2.24. The van der Waals surface area contributed by atoms with Crippen molar-refractivity contribution in [1.82, 2.24) is 10.2 Å². The third-order valence-electron chi connectivity index (χ3n) is 5.14. The summed E-state index contributed by atoms with van der Waals surface area (Å²) >= 11 is 0. The van der Waals surface area contributed by atoms with Gasteiger partial charge in [0.2, 0.25) is 5.91 Å². The lowest BCUT2D eigenvalue weighted by Gasteiger charge is -2.31. The van der Waals surface area contributed by atoms with E-state index in [4.69, 9.17) is 9.47 Å². The van der Waals surface area contributed by atoms with E-state index < -0.39 is 6.04 Å². The Hall–Kier alpha value is -3.02. The monoisotopic (exact) mass is 426 g/mol. The van der Waals surface area contributed by atoms with E-state index in [1.165, 1.54) is 0 Å². The van der Waals surface area contributed by atoms with Crippen LogP contribution in [0, 0.1) is 13.8 Å². The number of nitrogens with one attached hydrogen (secondary N) is 1. The molecule has 6 nitrogen and oxygen atoms in total. The maximum absolute atomic E-state index is 13.2. The second kappa shape index (κ2) is 11.4. The van der Waals surface area contributed by atoms with Crippen molar-refractivity contribution >= 4 is 11.8 Å². The first-order valence-electron chi connectivity index (χ1n) is 10.7. The highest BCUT2D eigenvalue weighted by atomic mass is 16.5. The minimum absolute atomic E-state index is 0.0119. The van der Waals surface area contributed by atoms with Gasteiger partial charge in [-0.3, -0.25) is 9.59 Å². The van der Waals surface area contributed by atoms with Gasteiger partial charge in [0.25, 0.3) is 5.91 Å². The minimum Gasteiger partial charge on any atom is -0.497 e. The summed E-state index contributed by atoms with van der Waals surface area (Å²) in [7, 11) is 1.60. The highest BCUT2D eigenvalue weighted by Crippen LogP contribution is 2.19. The lowest BCUT2D eigenvalue weighted by molar-refractivity contribution is -0.143. The zero-order valence-corrected chi connectivity index (χ0v) is 19.4. The largest absolute Gasteiger partial charge is 0.497 e. The number of methoxy groups -OCH3 is 1. The van der Waals surface area contributed by atoms with Crippen LogP contribution in [0.5, 0.6) is 11.5 Å². The number of hydrogen-bond acceptors (Lipinski definition) is 4. The number of rotatable bonds is 10. The van der Waals surface area contributed by atoms with E-state index in [1.54, 1.807) is 12.0 Å². The number of ether oxygens (including phenoxy) is 2. The van der Waals surface area contributed by atoms with Crippen LogP contribution in [0.15, 0.2) is 42.5 Å². The van der Waals surface area contributed by atoms with E-state index in [0.29, 0.717) is 17.9 Å². The van der Waals surface area contributed by atoms with Gasteiger partial charge in [0, 0.05) is 12.6 Å². The molecule has 168 valence electrons. The Morgan fingerprint density at radius 1 is 1.03 bits per heavy atom. The van der Waals surface area contributed by atoms with Crippen LogP contribution in [0.1, 0.15) is 43.9 Å². The van der Waals surface area contributed by atoms with Gasteiger partial charge >= 0.3 is 0 Å². The highest BCUT2D eigenvalue weighted by molar-refractivity contribution is 5.88. The molecule has 2 amide bonds. The van der Waals surface area contributed by atoms with Gasteiger partial charge in [0.05, 0.1) is 7.11 Å². The molecule has 6 heteroatoms. The molecule has 31 heavy (non-hydrogen) atoms. The molecule has 0 aliphatic heterocycles. The van der Waals surface area contributed by atoms with E-state index in [2.05, 4.69) is 5.32 Å². The van der Waals surface area contributed by atoms with Crippen LogP contribution in [0.2, 0.25) is 0 Å². The molecule has 0 heterocycles. The summed E-state index contributed by atoms with van der Waals surface area (Å²) in [5.41, 5.74) is 3.14. The van der Waals surface area contributed by atoms with E-state index >= 15 is 0 Å². The summed E-state index contributed by atoms with van der Waals surface area (Å²) in [6, 6.07) is 12.6. The molecule has 0 aromatic heterocycles. The van der Waals surface area contributed by atoms with Crippen molar-refractivity contribution in [3.63, 3.8) is 0 Å². The summed E-state index contributed by atoms with van der Waals surface area (Å²) in [6.45, 7) is 9.89. The molecule has 0 bridgehead atoms. The second-order valence-corrected chi connectivity index (χ2v) is 8.00. The van der Waals surface area contributed by atoms with Gasteiger partial charge in [-0.15, -0.1) is 0 Å². The Bertz CT molecular complexity index is 895. The molecule has 0 unspecified atom stereocenters. The molecule has 0 saturated carbocycles. The van der Waals surface area contributed by atoms with Crippen molar-refractivity contribution in [2.24, 2.45) is 0 Å². The third kappa shape index (κ3) is 7.02. The molecule has 0 aliphatic rings. The van der Waals surface area contributed by atoms with Crippen LogP contribution in [0.4, 0.5) is 0 Å². The molecule has 0 aliphatic carbocycles. The van der Waals surface area contributed by atoms with Crippen molar-refractivity contribution in [2.75, 3.05) is 13.7 Å². The number of benzene rings is 2. The van der Waals surface area contributed by atoms with Gasteiger partial charge in [0.1, 0.15) is 17.5 Å². The standard InChI is InChI=1S/C25H34N2O4/c1-7-23(25(29)26-17(2)3)27(15-20-9-8-10-21(14-20)30-6)24(28)16-31-22-12-11-18(4)19(5)13-22/h8-14,17,23H,7,15-16H2,1-6H3,(H,26,29)/t23-/m0/s1. The molecule has 2 aromatic rings. The topological polar surface area (TPSA) is 67.9 Å². The number of hydrogen-bond donors (Lipinski definition) is 1. The van der Waals surface area contributed by atoms with Gasteiger partial charge in [0.15, 0.2) is 6.61 Å². The van der Waals surface area contributed by atoms with Crippen LogP contribution in [0.25, 0.3) is 0 Å². The number of carbonyl (C=O) groups excluding carboxylic acids is 2. The Morgan fingerprint density at radius 3 is 2.39 bits per heavy atom. The molecule has 0 saturated heterocycles. The van der Waals surface area contributed by atoms with Gasteiger partial charge in [-0.05, 0) is 75.1 Å². The minimum atomic E-state index is -0.593. The number of carbonyl (C=O) groups is 2. The fourth-order valence-electron chi connectivity index (χ4n) is 3.30. The lowest BCUT2D eigenvalue weighted by Crippen LogP contribution is -2.51. The molecule has 0 spiro atoms. The van der Waals surface area contributed by atoms with Crippen LogP contribution in [0.3, 0.4) is 0 Å². The van der Waals surface area contributed by atoms with Gasteiger partial charge < -0.3 is 19.7 Å². The summed E-state index contributed by atoms with van der Waals surface area (Å²) < 4.78 is 11.1. The Morgan fingerprint density at radius 2 is 1.77 bits per heavy atom. The zero-order chi connectivity index (χ0) is 23.0. The predicted molar refractivity (Wildman–Crippen MR) is 122 cm³/mol. The highest BCUT2D eigenvalue weighted by Gasteiger charge is 2.29. The fraction of sp³-hybridized carbons (Fsp3) is 0.440. The second-order valence-electron chi connectivity index (χ2n) is 8.00. The van der Waals surface area contributed by atoms with Crippen molar-refractivity contribution in [3.8, 4) is 11.5 Å². The molecule has 2 aromatic carbocycles. The molecule has 0 radical (unpaired) electrons. The average Bonchev–Trinajstić information content (AvgIpc) is 2.73. The van der Waals surface area contributed by atoms with E-state index in [1.807, 2.05) is 77.1 Å². The molecule has 2 rings (SSSR count). The predicted octanol–water partition coefficient (Wildman–Crippen LogP) is 4.02. The van der Waals surface area contributed by atoms with E-state index in [0.717, 1.165) is 16.7 Å². The van der Waals surface area contributed by atoms with Crippen molar-refractivity contribution in [1.29, 1.82) is 0 Å². The summed E-state index contributed by atoms with van der Waals surface area (Å²) in [6.07, 6.45) is 0.498. The molecule has 1 N–H and O–H groups in total. The summed E-state index contributed by atoms with van der Waals surface area (Å²) in [5, 5.41) is 2.93. The Labute approximate surface area is 185 Å². The fourth-order valence-corrected chi connectivity index (χ4v) is 3.30. The molecular weight excluding hydrogens is 392 g/mol. The van der Waals surface area contributed by atoms with Crippen LogP contribution in [-0.4, -0.2) is 42.5 Å². The SMILES string of the molecule is CC[C@@H](C(=O)NC(C)C)N(Cc1cccc(OC)c1)C(=O)COc1ccc(C)c(C)c1. The van der Waals surface area contributed by atoms with Gasteiger partial charge in [-0.25, -0.2) is 0 Å². The van der Waals surface area contributed by atoms with Crippen LogP contribution < -0.4 is 14.8 Å². The van der Waals surface area contributed by atoms with Crippen molar-refractivity contribution in [3.05, 3.63) is 59.2 Å². The van der Waals surface area contributed by atoms with E-state index in [9.17, 15) is 9.59 Å². The molecule has 1 atom stereocenters. The molecule has 0 fully saturated rings. The first kappa shape index (κ1) is 24.3. The maximum atomic E-state index is 13.2. The van der Waals surface area contributed by atoms with Crippen LogP contribution in [-0.2, 0) is 16.1 Å². The zero-order valence-electron chi connectivity index (χ0n) is 19.4. The maximum Gasteiger partial charge on any atom is 0.261 e. The van der Waals surface area contributed by atoms with Gasteiger partial charge in [-0.1, -0.05) is 25.1 Å². The van der Waals surface area contributed by atoms with Gasteiger partial charge in [-0.2, -0.15) is 0 Å². The number of aryl methyl sites for hydroxylation is 2. The summed E-state index contributed by atoms with van der Waals surface area (Å²) in [5.74, 6) is 0.931.